The molecule has 0 spiro atoms. The number of aliphatic imine (C=N–C) groups is 1. The molecule has 2 N–H and O–H groups in total. The molecule has 0 amide bonds. The molecule has 1 rings (SSSR count). The molecule has 0 saturated carbocycles. The number of thiophene rings is 1. The molecule has 0 radical (unpaired) electrons. The van der Waals surface area contributed by atoms with E-state index in [0.29, 0.717) is 0 Å². The van der Waals surface area contributed by atoms with Gasteiger partial charge in [-0.15, -0.1) is 35.3 Å². The van der Waals surface area contributed by atoms with E-state index in [2.05, 4.69) is 53.2 Å². The Kier molecular flexibility index (Phi) is 9.90. The van der Waals surface area contributed by atoms with Crippen LogP contribution in [-0.4, -0.2) is 38.1 Å². The summed E-state index contributed by atoms with van der Waals surface area (Å²) in [4.78, 5) is 5.63. The predicted octanol–water partition coefficient (Wildman–Crippen LogP) is 3.17. The van der Waals surface area contributed by atoms with Gasteiger partial charge in [-0.05, 0) is 17.7 Å². The largest absolute Gasteiger partial charge is 0.356 e. The summed E-state index contributed by atoms with van der Waals surface area (Å²) in [5, 5.41) is 8.83. The maximum Gasteiger partial charge on any atom is 0.191 e. The van der Waals surface area contributed by atoms with Gasteiger partial charge in [0.25, 0.3) is 0 Å². The van der Waals surface area contributed by atoms with Crippen LogP contribution in [0.15, 0.2) is 22.5 Å². The molecule has 3 nitrogen and oxygen atoms in total. The Bertz CT molecular complexity index is 364. The van der Waals surface area contributed by atoms with Crippen LogP contribution in [0, 0.1) is 0 Å². The van der Waals surface area contributed by atoms with E-state index < -0.39 is 0 Å². The second-order valence-corrected chi connectivity index (χ2v) is 6.64. The van der Waals surface area contributed by atoms with E-state index in [1.54, 1.807) is 0 Å². The quantitative estimate of drug-likeness (QED) is 0.326. The molecule has 6 heteroatoms. The van der Waals surface area contributed by atoms with Gasteiger partial charge in [0.2, 0.25) is 0 Å². The highest BCUT2D eigenvalue weighted by atomic mass is 127. The molecular formula is C13H24IN3S2. The van der Waals surface area contributed by atoms with Gasteiger partial charge < -0.3 is 10.6 Å². The average molecular weight is 413 g/mol. The molecule has 1 aromatic rings. The molecule has 1 heterocycles. The van der Waals surface area contributed by atoms with Crippen LogP contribution in [0.2, 0.25) is 0 Å². The minimum atomic E-state index is 0. The minimum absolute atomic E-state index is 0. The highest BCUT2D eigenvalue weighted by Gasteiger charge is 2.21. The zero-order valence-electron chi connectivity index (χ0n) is 12.0. The number of hydrogen-bond acceptors (Lipinski definition) is 3. The molecule has 0 fully saturated rings. The molecule has 0 aliphatic carbocycles. The predicted molar refractivity (Wildman–Crippen MR) is 101 cm³/mol. The van der Waals surface area contributed by atoms with E-state index >= 15 is 0 Å². The first-order valence-electron chi connectivity index (χ1n) is 6.07. The lowest BCUT2D eigenvalue weighted by atomic mass is 9.91. The number of nitrogens with zero attached hydrogens (tertiary/aromatic N) is 1. The molecule has 0 unspecified atom stereocenters. The SMILES string of the molecule is CN=C(NCCSC)NCC(C)(C)c1cccs1.I. The van der Waals surface area contributed by atoms with Gasteiger partial charge in [-0.1, -0.05) is 19.9 Å². The fourth-order valence-corrected chi connectivity index (χ4v) is 2.71. The summed E-state index contributed by atoms with van der Waals surface area (Å²) in [6.45, 7) is 6.33. The van der Waals surface area contributed by atoms with Crippen LogP contribution >= 0.6 is 47.1 Å². The van der Waals surface area contributed by atoms with Gasteiger partial charge in [0.05, 0.1) is 0 Å². The van der Waals surface area contributed by atoms with E-state index in [0.717, 1.165) is 24.8 Å². The normalized spacial score (nSPS) is 11.9. The monoisotopic (exact) mass is 413 g/mol. The van der Waals surface area contributed by atoms with Crippen molar-refractivity contribution < 1.29 is 0 Å². The zero-order chi connectivity index (χ0) is 13.4. The third-order valence-corrected chi connectivity index (χ3v) is 4.56. The highest BCUT2D eigenvalue weighted by Crippen LogP contribution is 2.26. The van der Waals surface area contributed by atoms with E-state index in [4.69, 9.17) is 0 Å². The first-order valence-corrected chi connectivity index (χ1v) is 8.35. The van der Waals surface area contributed by atoms with Crippen LogP contribution < -0.4 is 10.6 Å². The fourth-order valence-electron chi connectivity index (χ4n) is 1.55. The number of hydrogen-bond donors (Lipinski definition) is 2. The Morgan fingerprint density at radius 2 is 2.16 bits per heavy atom. The Morgan fingerprint density at radius 1 is 1.42 bits per heavy atom. The summed E-state index contributed by atoms with van der Waals surface area (Å²) < 4.78 is 0. The summed E-state index contributed by atoms with van der Waals surface area (Å²) >= 11 is 3.64. The first-order chi connectivity index (χ1) is 8.60. The second-order valence-electron chi connectivity index (χ2n) is 4.71. The molecule has 110 valence electrons. The van der Waals surface area contributed by atoms with Crippen molar-refractivity contribution in [2.24, 2.45) is 4.99 Å². The number of rotatable bonds is 6. The van der Waals surface area contributed by atoms with Crippen LogP contribution in [0.1, 0.15) is 18.7 Å². The lowest BCUT2D eigenvalue weighted by molar-refractivity contribution is 0.519. The molecule has 19 heavy (non-hydrogen) atoms. The summed E-state index contributed by atoms with van der Waals surface area (Å²) in [5.74, 6) is 1.98. The molecule has 1 aromatic heterocycles. The van der Waals surface area contributed by atoms with Crippen molar-refractivity contribution in [3.63, 3.8) is 0 Å². The van der Waals surface area contributed by atoms with Gasteiger partial charge in [0, 0.05) is 36.2 Å². The number of guanidine groups is 1. The maximum absolute atomic E-state index is 4.23. The van der Waals surface area contributed by atoms with Crippen LogP contribution in [0.25, 0.3) is 0 Å². The number of nitrogens with one attached hydrogen (secondary N) is 2. The highest BCUT2D eigenvalue weighted by molar-refractivity contribution is 14.0. The molecule has 0 aromatic carbocycles. The average Bonchev–Trinajstić information content (AvgIpc) is 2.88. The minimum Gasteiger partial charge on any atom is -0.356 e. The Labute approximate surface area is 142 Å². The topological polar surface area (TPSA) is 36.4 Å². The molecule has 0 atom stereocenters. The summed E-state index contributed by atoms with van der Waals surface area (Å²) in [6.07, 6.45) is 2.11. The van der Waals surface area contributed by atoms with Crippen molar-refractivity contribution in [2.75, 3.05) is 32.1 Å². The summed E-state index contributed by atoms with van der Waals surface area (Å²) in [7, 11) is 1.81. The first kappa shape index (κ1) is 19.1. The molecule has 0 bridgehead atoms. The van der Waals surface area contributed by atoms with Gasteiger partial charge in [0.15, 0.2) is 5.96 Å². The number of halogens is 1. The summed E-state index contributed by atoms with van der Waals surface area (Å²) in [6, 6.07) is 4.30. The Balaban J connectivity index is 0.00000324. The number of thioether (sulfide) groups is 1. The van der Waals surface area contributed by atoms with Crippen LogP contribution in [0.5, 0.6) is 0 Å². The summed E-state index contributed by atoms with van der Waals surface area (Å²) in [5.41, 5.74) is 0.130. The van der Waals surface area contributed by atoms with Gasteiger partial charge >= 0.3 is 0 Å². The maximum atomic E-state index is 4.23. The van der Waals surface area contributed by atoms with E-state index in [1.807, 2.05) is 30.1 Å². The van der Waals surface area contributed by atoms with Gasteiger partial charge in [-0.2, -0.15) is 11.8 Å². The van der Waals surface area contributed by atoms with Gasteiger partial charge in [-0.3, -0.25) is 4.99 Å². The van der Waals surface area contributed by atoms with Crippen molar-refractivity contribution >= 4 is 53.0 Å². The Morgan fingerprint density at radius 3 is 2.68 bits per heavy atom. The lowest BCUT2D eigenvalue weighted by Crippen LogP contribution is -2.43. The van der Waals surface area contributed by atoms with Crippen molar-refractivity contribution in [3.8, 4) is 0 Å². The van der Waals surface area contributed by atoms with E-state index in [-0.39, 0.29) is 29.4 Å². The molecule has 0 aliphatic rings. The van der Waals surface area contributed by atoms with Crippen molar-refractivity contribution in [2.45, 2.75) is 19.3 Å². The molecule has 0 saturated heterocycles. The van der Waals surface area contributed by atoms with Crippen LogP contribution in [-0.2, 0) is 5.41 Å². The van der Waals surface area contributed by atoms with Crippen molar-refractivity contribution in [1.82, 2.24) is 10.6 Å². The molecule has 0 aliphatic heterocycles. The second kappa shape index (κ2) is 9.88. The lowest BCUT2D eigenvalue weighted by Gasteiger charge is -2.25. The van der Waals surface area contributed by atoms with Crippen molar-refractivity contribution in [1.29, 1.82) is 0 Å². The van der Waals surface area contributed by atoms with E-state index in [1.165, 1.54) is 4.88 Å². The smallest absolute Gasteiger partial charge is 0.191 e. The Hall–Kier alpha value is 0.0500. The van der Waals surface area contributed by atoms with E-state index in [9.17, 15) is 0 Å². The third-order valence-electron chi connectivity index (χ3n) is 2.71. The standard InChI is InChI=1S/C13H23N3S2.HI/c1-13(2,11-6-5-8-18-11)10-16-12(14-3)15-7-9-17-4;/h5-6,8H,7,9-10H2,1-4H3,(H2,14,15,16);1H. The van der Waals surface area contributed by atoms with Crippen LogP contribution in [0.3, 0.4) is 0 Å². The van der Waals surface area contributed by atoms with Gasteiger partial charge in [0.1, 0.15) is 0 Å². The fraction of sp³-hybridized carbons (Fsp3) is 0.615. The zero-order valence-corrected chi connectivity index (χ0v) is 16.0. The third kappa shape index (κ3) is 6.85. The van der Waals surface area contributed by atoms with Crippen LogP contribution in [0.4, 0.5) is 0 Å². The van der Waals surface area contributed by atoms with Gasteiger partial charge in [-0.25, -0.2) is 0 Å². The molecular weight excluding hydrogens is 389 g/mol. The van der Waals surface area contributed by atoms with Crippen molar-refractivity contribution in [3.05, 3.63) is 22.4 Å².